The molecular formula is C24H21N3O2. The molecule has 5 nitrogen and oxygen atoms in total. The van der Waals surface area contributed by atoms with Crippen LogP contribution in [0.2, 0.25) is 0 Å². The van der Waals surface area contributed by atoms with E-state index in [9.17, 15) is 4.79 Å². The van der Waals surface area contributed by atoms with Gasteiger partial charge in [-0.05, 0) is 60.5 Å². The number of carbonyl (C=O) groups excluding carboxylic acids is 1. The second-order valence-electron chi connectivity index (χ2n) is 7.59. The zero-order valence-electron chi connectivity index (χ0n) is 16.2. The van der Waals surface area contributed by atoms with Crippen LogP contribution in [0.15, 0.2) is 60.8 Å². The molecule has 1 aliphatic rings. The molecule has 1 N–H and O–H groups in total. The van der Waals surface area contributed by atoms with E-state index in [4.69, 9.17) is 4.74 Å². The average Bonchev–Trinajstić information content (AvgIpc) is 3.16. The van der Waals surface area contributed by atoms with Crippen molar-refractivity contribution in [3.63, 3.8) is 0 Å². The highest BCUT2D eigenvalue weighted by atomic mass is 16.5. The standard InChI is InChI=1S/C24H21N3O2/c1-15-4-5-18-10-17(6-7-21(18)27-15)19-11-22-20(3-2-8-25-22)23(12-19)29-14-16-9-24(28)26-13-16/h2-8,10-12,16H,9,13-14H2,1H3,(H,26,28). The maximum Gasteiger partial charge on any atom is 0.220 e. The van der Waals surface area contributed by atoms with Gasteiger partial charge in [-0.2, -0.15) is 0 Å². The molecule has 1 unspecified atom stereocenters. The average molecular weight is 383 g/mol. The van der Waals surface area contributed by atoms with Crippen molar-refractivity contribution in [2.75, 3.05) is 13.2 Å². The van der Waals surface area contributed by atoms with Crippen molar-refractivity contribution in [1.29, 1.82) is 0 Å². The van der Waals surface area contributed by atoms with Gasteiger partial charge in [-0.3, -0.25) is 14.8 Å². The Hall–Kier alpha value is -3.47. The summed E-state index contributed by atoms with van der Waals surface area (Å²) in [6.07, 6.45) is 2.31. The second-order valence-corrected chi connectivity index (χ2v) is 7.59. The molecule has 4 aromatic rings. The monoisotopic (exact) mass is 383 g/mol. The van der Waals surface area contributed by atoms with Crippen molar-refractivity contribution in [2.45, 2.75) is 13.3 Å². The van der Waals surface area contributed by atoms with E-state index in [0.717, 1.165) is 44.4 Å². The third-order valence-corrected chi connectivity index (χ3v) is 5.38. The zero-order valence-corrected chi connectivity index (χ0v) is 16.2. The Morgan fingerprint density at radius 2 is 2.00 bits per heavy atom. The quantitative estimate of drug-likeness (QED) is 0.571. The van der Waals surface area contributed by atoms with Crippen LogP contribution in [0.3, 0.4) is 0 Å². The van der Waals surface area contributed by atoms with E-state index < -0.39 is 0 Å². The SMILES string of the molecule is Cc1ccc2cc(-c3cc(OCC4CNC(=O)C4)c4cccnc4c3)ccc2n1. The van der Waals surface area contributed by atoms with E-state index in [1.54, 1.807) is 6.20 Å². The van der Waals surface area contributed by atoms with Gasteiger partial charge < -0.3 is 10.1 Å². The first-order valence-corrected chi connectivity index (χ1v) is 9.82. The van der Waals surface area contributed by atoms with Crippen LogP contribution in [0.5, 0.6) is 5.75 Å². The molecule has 0 aliphatic carbocycles. The van der Waals surface area contributed by atoms with Crippen molar-refractivity contribution in [3.8, 4) is 16.9 Å². The fourth-order valence-corrected chi connectivity index (χ4v) is 3.83. The molecule has 29 heavy (non-hydrogen) atoms. The predicted molar refractivity (Wildman–Crippen MR) is 114 cm³/mol. The Labute approximate surface area is 168 Å². The summed E-state index contributed by atoms with van der Waals surface area (Å²) in [6.45, 7) is 3.18. The smallest absolute Gasteiger partial charge is 0.220 e. The minimum atomic E-state index is 0.0962. The van der Waals surface area contributed by atoms with E-state index in [2.05, 4.69) is 51.7 Å². The number of carbonyl (C=O) groups is 1. The maximum absolute atomic E-state index is 11.5. The molecule has 0 saturated carbocycles. The first kappa shape index (κ1) is 17.6. The second kappa shape index (κ2) is 7.17. The summed E-state index contributed by atoms with van der Waals surface area (Å²) >= 11 is 0. The van der Waals surface area contributed by atoms with Crippen LogP contribution in [-0.2, 0) is 4.79 Å². The molecule has 1 amide bonds. The summed E-state index contributed by atoms with van der Waals surface area (Å²) in [5.74, 6) is 1.10. The van der Waals surface area contributed by atoms with Gasteiger partial charge >= 0.3 is 0 Å². The highest BCUT2D eigenvalue weighted by molar-refractivity contribution is 5.92. The van der Waals surface area contributed by atoms with Crippen molar-refractivity contribution >= 4 is 27.7 Å². The highest BCUT2D eigenvalue weighted by Gasteiger charge is 2.22. The summed E-state index contributed by atoms with van der Waals surface area (Å²) in [7, 11) is 0. The number of pyridine rings is 2. The van der Waals surface area contributed by atoms with E-state index in [0.29, 0.717) is 19.6 Å². The number of aromatic nitrogens is 2. The number of nitrogens with one attached hydrogen (secondary N) is 1. The molecule has 3 heterocycles. The number of rotatable bonds is 4. The fourth-order valence-electron chi connectivity index (χ4n) is 3.83. The number of ether oxygens (including phenoxy) is 1. The van der Waals surface area contributed by atoms with Crippen molar-refractivity contribution in [1.82, 2.24) is 15.3 Å². The molecular weight excluding hydrogens is 362 g/mol. The highest BCUT2D eigenvalue weighted by Crippen LogP contribution is 2.33. The van der Waals surface area contributed by atoms with Gasteiger partial charge in [-0.15, -0.1) is 0 Å². The lowest BCUT2D eigenvalue weighted by Gasteiger charge is -2.14. The van der Waals surface area contributed by atoms with Crippen LogP contribution in [0.25, 0.3) is 32.9 Å². The maximum atomic E-state index is 11.5. The molecule has 1 fully saturated rings. The molecule has 1 atom stereocenters. The molecule has 144 valence electrons. The third-order valence-electron chi connectivity index (χ3n) is 5.38. The zero-order chi connectivity index (χ0) is 19.8. The summed E-state index contributed by atoms with van der Waals surface area (Å²) in [5, 5.41) is 4.95. The number of nitrogens with zero attached hydrogens (tertiary/aromatic N) is 2. The van der Waals surface area contributed by atoms with Crippen molar-refractivity contribution in [2.24, 2.45) is 5.92 Å². The molecule has 5 heteroatoms. The van der Waals surface area contributed by atoms with Gasteiger partial charge in [0, 0.05) is 41.5 Å². The van der Waals surface area contributed by atoms with E-state index >= 15 is 0 Å². The summed E-state index contributed by atoms with van der Waals surface area (Å²) < 4.78 is 6.17. The Morgan fingerprint density at radius 1 is 1.07 bits per heavy atom. The van der Waals surface area contributed by atoms with E-state index in [1.165, 1.54) is 0 Å². The van der Waals surface area contributed by atoms with E-state index in [1.807, 2.05) is 25.1 Å². The number of aryl methyl sites for hydroxylation is 1. The van der Waals surface area contributed by atoms with Gasteiger partial charge in [0.25, 0.3) is 0 Å². The van der Waals surface area contributed by atoms with Crippen molar-refractivity contribution in [3.05, 3.63) is 66.5 Å². The molecule has 1 aliphatic heterocycles. The topological polar surface area (TPSA) is 64.1 Å². The van der Waals surface area contributed by atoms with Gasteiger partial charge in [0.15, 0.2) is 0 Å². The van der Waals surface area contributed by atoms with E-state index in [-0.39, 0.29) is 11.8 Å². The minimum Gasteiger partial charge on any atom is -0.492 e. The lowest BCUT2D eigenvalue weighted by Crippen LogP contribution is -2.16. The lowest BCUT2D eigenvalue weighted by molar-refractivity contribution is -0.119. The Balaban J connectivity index is 1.54. The van der Waals surface area contributed by atoms with Crippen LogP contribution in [-0.4, -0.2) is 29.0 Å². The molecule has 0 bridgehead atoms. The molecule has 0 radical (unpaired) electrons. The normalized spacial score (nSPS) is 16.3. The Kier molecular flexibility index (Phi) is 4.35. The van der Waals surface area contributed by atoms with Crippen LogP contribution in [0.1, 0.15) is 12.1 Å². The summed E-state index contributed by atoms with van der Waals surface area (Å²) in [6, 6.07) is 18.5. The van der Waals surface area contributed by atoms with Gasteiger partial charge in [-0.1, -0.05) is 12.1 Å². The number of benzene rings is 2. The number of fused-ring (bicyclic) bond motifs is 2. The van der Waals surface area contributed by atoms with Crippen LogP contribution < -0.4 is 10.1 Å². The third kappa shape index (κ3) is 3.51. The number of hydrogen-bond donors (Lipinski definition) is 1. The predicted octanol–water partition coefficient (Wildman–Crippen LogP) is 4.27. The number of amides is 1. The van der Waals surface area contributed by atoms with Gasteiger partial charge in [0.05, 0.1) is 17.6 Å². The van der Waals surface area contributed by atoms with Crippen LogP contribution in [0, 0.1) is 12.8 Å². The van der Waals surface area contributed by atoms with Gasteiger partial charge in [0.2, 0.25) is 5.91 Å². The largest absolute Gasteiger partial charge is 0.492 e. The minimum absolute atomic E-state index is 0.0962. The molecule has 1 saturated heterocycles. The first-order chi connectivity index (χ1) is 14.2. The van der Waals surface area contributed by atoms with Gasteiger partial charge in [0.1, 0.15) is 5.75 Å². The van der Waals surface area contributed by atoms with Crippen molar-refractivity contribution < 1.29 is 9.53 Å². The van der Waals surface area contributed by atoms with Gasteiger partial charge in [-0.25, -0.2) is 0 Å². The summed E-state index contributed by atoms with van der Waals surface area (Å²) in [4.78, 5) is 20.6. The Bertz CT molecular complexity index is 1240. The Morgan fingerprint density at radius 3 is 2.86 bits per heavy atom. The number of hydrogen-bond acceptors (Lipinski definition) is 4. The first-order valence-electron chi connectivity index (χ1n) is 9.82. The fraction of sp³-hybridized carbons (Fsp3) is 0.208. The molecule has 2 aromatic heterocycles. The molecule has 5 rings (SSSR count). The molecule has 0 spiro atoms. The van der Waals surface area contributed by atoms with Crippen LogP contribution >= 0.6 is 0 Å². The lowest BCUT2D eigenvalue weighted by atomic mass is 10.0. The summed E-state index contributed by atoms with van der Waals surface area (Å²) in [5.41, 5.74) is 5.04. The van der Waals surface area contributed by atoms with Crippen LogP contribution in [0.4, 0.5) is 0 Å². The molecule has 2 aromatic carbocycles.